The van der Waals surface area contributed by atoms with Crippen molar-refractivity contribution in [3.05, 3.63) is 60.2 Å². The van der Waals surface area contributed by atoms with E-state index in [0.29, 0.717) is 0 Å². The highest BCUT2D eigenvalue weighted by atomic mass is 32.2. The number of carbonyl (C=O) groups is 2. The van der Waals surface area contributed by atoms with E-state index in [0.717, 1.165) is 23.8 Å². The van der Waals surface area contributed by atoms with Gasteiger partial charge in [0.15, 0.2) is 0 Å². The lowest BCUT2D eigenvalue weighted by Crippen LogP contribution is -2.43. The third-order valence-electron chi connectivity index (χ3n) is 3.91. The number of nitrogens with one attached hydrogen (secondary N) is 1. The molecule has 0 aliphatic heterocycles. The topological polar surface area (TPSA) is 110 Å². The molecule has 1 atom stereocenters. The Hall–Kier alpha value is -2.71. The van der Waals surface area contributed by atoms with Crippen LogP contribution in [0, 0.1) is 0 Å². The maximum Gasteiger partial charge on any atom is 0.328 e. The number of methoxy groups -OCH3 is 1. The molecule has 0 spiro atoms. The van der Waals surface area contributed by atoms with E-state index in [2.05, 4.69) is 10.1 Å². The van der Waals surface area contributed by atoms with Crippen molar-refractivity contribution >= 4 is 22.0 Å². The predicted octanol–water partition coefficient (Wildman–Crippen LogP) is 1.83. The minimum Gasteiger partial charge on any atom is -0.467 e. The van der Waals surface area contributed by atoms with Gasteiger partial charge in [0.05, 0.1) is 19.3 Å². The largest absolute Gasteiger partial charge is 0.467 e. The zero-order valence-corrected chi connectivity index (χ0v) is 15.6. The van der Waals surface area contributed by atoms with E-state index in [1.807, 2.05) is 54.6 Å². The zero-order valence-electron chi connectivity index (χ0n) is 14.8. The van der Waals surface area contributed by atoms with Crippen LogP contribution in [0.2, 0.25) is 0 Å². The summed E-state index contributed by atoms with van der Waals surface area (Å²) in [5, 5.41) is 2.45. The first-order valence-electron chi connectivity index (χ1n) is 8.25. The monoisotopic (exact) mass is 391 g/mol. The van der Waals surface area contributed by atoms with E-state index >= 15 is 0 Å². The molecular weight excluding hydrogens is 370 g/mol. The van der Waals surface area contributed by atoms with Crippen molar-refractivity contribution in [1.29, 1.82) is 0 Å². The van der Waals surface area contributed by atoms with Crippen molar-refractivity contribution in [3.63, 3.8) is 0 Å². The van der Waals surface area contributed by atoms with Gasteiger partial charge in [-0.1, -0.05) is 54.6 Å². The van der Waals surface area contributed by atoms with Crippen LogP contribution >= 0.6 is 0 Å². The molecule has 8 heteroatoms. The van der Waals surface area contributed by atoms with Gasteiger partial charge in [0.2, 0.25) is 5.91 Å². The number of hydrogen-bond acceptors (Lipinski definition) is 5. The molecule has 0 bridgehead atoms. The average Bonchev–Trinajstić information content (AvgIpc) is 2.65. The Labute approximate surface area is 158 Å². The van der Waals surface area contributed by atoms with Gasteiger partial charge in [0, 0.05) is 0 Å². The van der Waals surface area contributed by atoms with Crippen LogP contribution in [0.1, 0.15) is 12.0 Å². The third-order valence-corrected chi connectivity index (χ3v) is 4.66. The summed E-state index contributed by atoms with van der Waals surface area (Å²) in [5.74, 6) is -1.88. The Balaban J connectivity index is 1.99. The van der Waals surface area contributed by atoms with Crippen molar-refractivity contribution in [1.82, 2.24) is 5.32 Å². The fraction of sp³-hybridized carbons (Fsp3) is 0.263. The van der Waals surface area contributed by atoms with Crippen LogP contribution in [0.5, 0.6) is 0 Å². The molecule has 0 aliphatic carbocycles. The molecule has 0 aromatic heterocycles. The minimum atomic E-state index is -4.25. The van der Waals surface area contributed by atoms with Crippen molar-refractivity contribution in [2.45, 2.75) is 18.9 Å². The SMILES string of the molecule is COC(=O)[C@H](CCS(=O)(=O)O)NC(=O)Cc1ccc(-c2ccccc2)cc1. The smallest absolute Gasteiger partial charge is 0.328 e. The number of esters is 1. The van der Waals surface area contributed by atoms with E-state index in [1.54, 1.807) is 0 Å². The predicted molar refractivity (Wildman–Crippen MR) is 101 cm³/mol. The van der Waals surface area contributed by atoms with Crippen molar-refractivity contribution in [2.24, 2.45) is 0 Å². The molecule has 0 radical (unpaired) electrons. The fourth-order valence-corrected chi connectivity index (χ4v) is 3.07. The van der Waals surface area contributed by atoms with Crippen LogP contribution in [0.25, 0.3) is 11.1 Å². The standard InChI is InChI=1S/C19H21NO6S/c1-26-19(22)17(11-12-27(23,24)25)20-18(21)13-14-7-9-16(10-8-14)15-5-3-2-4-6-15/h2-10,17H,11-13H2,1H3,(H,20,21)(H,23,24,25)/t17-/m0/s1. The summed E-state index contributed by atoms with van der Waals surface area (Å²) in [7, 11) is -3.11. The van der Waals surface area contributed by atoms with Crippen LogP contribution in [-0.2, 0) is 30.9 Å². The lowest BCUT2D eigenvalue weighted by molar-refractivity contribution is -0.145. The zero-order chi connectivity index (χ0) is 19.9. The quantitative estimate of drug-likeness (QED) is 0.525. The molecule has 0 heterocycles. The third kappa shape index (κ3) is 6.84. The average molecular weight is 391 g/mol. The van der Waals surface area contributed by atoms with E-state index in [-0.39, 0.29) is 12.8 Å². The Morgan fingerprint density at radius 2 is 1.63 bits per heavy atom. The second-order valence-electron chi connectivity index (χ2n) is 5.96. The molecule has 2 N–H and O–H groups in total. The molecule has 7 nitrogen and oxygen atoms in total. The molecule has 0 unspecified atom stereocenters. The molecular formula is C19H21NO6S. The Morgan fingerprint density at radius 3 is 2.19 bits per heavy atom. The van der Waals surface area contributed by atoms with E-state index in [9.17, 15) is 18.0 Å². The summed E-state index contributed by atoms with van der Waals surface area (Å²) in [5.41, 5.74) is 2.82. The number of hydrogen-bond donors (Lipinski definition) is 2. The highest BCUT2D eigenvalue weighted by molar-refractivity contribution is 7.85. The minimum absolute atomic E-state index is 0.0223. The molecule has 0 fully saturated rings. The second kappa shape index (κ2) is 9.29. The Bertz CT molecular complexity index is 878. The molecule has 1 amide bonds. The Kier molecular flexibility index (Phi) is 7.09. The van der Waals surface area contributed by atoms with Crippen LogP contribution in [0.4, 0.5) is 0 Å². The number of benzene rings is 2. The van der Waals surface area contributed by atoms with Gasteiger partial charge in [-0.25, -0.2) is 4.79 Å². The summed E-state index contributed by atoms with van der Waals surface area (Å²) in [6, 6.07) is 16.1. The summed E-state index contributed by atoms with van der Waals surface area (Å²) in [4.78, 5) is 23.9. The summed E-state index contributed by atoms with van der Waals surface area (Å²) >= 11 is 0. The van der Waals surface area contributed by atoms with E-state index in [4.69, 9.17) is 4.55 Å². The lowest BCUT2D eigenvalue weighted by Gasteiger charge is -2.16. The molecule has 0 saturated heterocycles. The number of amides is 1. The second-order valence-corrected chi connectivity index (χ2v) is 7.53. The molecule has 27 heavy (non-hydrogen) atoms. The van der Waals surface area contributed by atoms with Gasteiger partial charge < -0.3 is 10.1 Å². The van der Waals surface area contributed by atoms with Crippen molar-refractivity contribution in [2.75, 3.05) is 12.9 Å². The van der Waals surface area contributed by atoms with E-state index < -0.39 is 33.8 Å². The van der Waals surface area contributed by atoms with Crippen LogP contribution in [-0.4, -0.2) is 43.8 Å². The lowest BCUT2D eigenvalue weighted by atomic mass is 10.0. The van der Waals surface area contributed by atoms with Gasteiger partial charge in [-0.3, -0.25) is 9.35 Å². The molecule has 0 aliphatic rings. The highest BCUT2D eigenvalue weighted by Gasteiger charge is 2.23. The molecule has 2 aromatic rings. The maximum atomic E-state index is 12.2. The maximum absolute atomic E-state index is 12.2. The van der Waals surface area contributed by atoms with Crippen molar-refractivity contribution in [3.8, 4) is 11.1 Å². The Morgan fingerprint density at radius 1 is 1.04 bits per heavy atom. The highest BCUT2D eigenvalue weighted by Crippen LogP contribution is 2.19. The first-order valence-corrected chi connectivity index (χ1v) is 9.86. The van der Waals surface area contributed by atoms with Gasteiger partial charge in [0.1, 0.15) is 6.04 Å². The van der Waals surface area contributed by atoms with Crippen molar-refractivity contribution < 1.29 is 27.3 Å². The van der Waals surface area contributed by atoms with Crippen LogP contribution in [0.15, 0.2) is 54.6 Å². The normalized spacial score (nSPS) is 12.2. The fourth-order valence-electron chi connectivity index (χ4n) is 2.53. The van der Waals surface area contributed by atoms with Gasteiger partial charge in [0.25, 0.3) is 10.1 Å². The van der Waals surface area contributed by atoms with Gasteiger partial charge in [-0.15, -0.1) is 0 Å². The van der Waals surface area contributed by atoms with Gasteiger partial charge in [-0.2, -0.15) is 8.42 Å². The first-order chi connectivity index (χ1) is 12.8. The molecule has 2 rings (SSSR count). The first kappa shape index (κ1) is 20.6. The summed E-state index contributed by atoms with van der Waals surface area (Å²) < 4.78 is 35.1. The molecule has 2 aromatic carbocycles. The summed E-state index contributed by atoms with van der Waals surface area (Å²) in [6.07, 6.45) is -0.251. The van der Waals surface area contributed by atoms with Gasteiger partial charge in [-0.05, 0) is 23.1 Å². The molecule has 144 valence electrons. The van der Waals surface area contributed by atoms with Gasteiger partial charge >= 0.3 is 5.97 Å². The van der Waals surface area contributed by atoms with Crippen LogP contribution in [0.3, 0.4) is 0 Å². The van der Waals surface area contributed by atoms with Crippen LogP contribution < -0.4 is 5.32 Å². The molecule has 0 saturated carbocycles. The summed E-state index contributed by atoms with van der Waals surface area (Å²) in [6.45, 7) is 0. The van der Waals surface area contributed by atoms with E-state index in [1.165, 1.54) is 0 Å². The number of rotatable bonds is 8. The number of carbonyl (C=O) groups excluding carboxylic acids is 2. The number of ether oxygens (including phenoxy) is 1.